The van der Waals surface area contributed by atoms with Gasteiger partial charge in [-0.3, -0.25) is 19.9 Å². The third-order valence-electron chi connectivity index (χ3n) is 5.92. The van der Waals surface area contributed by atoms with Crippen LogP contribution in [0.4, 0.5) is 5.69 Å². The van der Waals surface area contributed by atoms with Gasteiger partial charge in [-0.2, -0.15) is 0 Å². The number of aryl methyl sites for hydroxylation is 1. The standard InChI is InChI=1S/C26H26N4O3/c1-2-18-8-7-11-21-23(17-29-26(18)21)22(20-10-3-4-12-24(20)30(32)33)16-25(31)28-15-13-19-9-5-6-14-27-19/h3-12,14,17,22,29H,2,13,15-16H2,1H3,(H,28,31). The van der Waals surface area contributed by atoms with Gasteiger partial charge < -0.3 is 10.3 Å². The lowest BCUT2D eigenvalue weighted by Gasteiger charge is -2.17. The normalized spacial score (nSPS) is 11.9. The molecule has 7 nitrogen and oxygen atoms in total. The number of nitrogens with one attached hydrogen (secondary N) is 2. The number of hydrogen-bond donors (Lipinski definition) is 2. The molecule has 0 fully saturated rings. The Hall–Kier alpha value is -4.00. The van der Waals surface area contributed by atoms with E-state index in [-0.39, 0.29) is 22.9 Å². The fourth-order valence-corrected chi connectivity index (χ4v) is 4.29. The van der Waals surface area contributed by atoms with E-state index in [0.717, 1.165) is 28.6 Å². The van der Waals surface area contributed by atoms with E-state index in [1.54, 1.807) is 24.4 Å². The minimum Gasteiger partial charge on any atom is -0.361 e. The second kappa shape index (κ2) is 10.1. The van der Waals surface area contributed by atoms with Crippen LogP contribution in [-0.4, -0.2) is 27.3 Å². The van der Waals surface area contributed by atoms with Gasteiger partial charge >= 0.3 is 0 Å². The molecule has 1 atom stereocenters. The summed E-state index contributed by atoms with van der Waals surface area (Å²) in [6.45, 7) is 2.54. The van der Waals surface area contributed by atoms with Crippen LogP contribution >= 0.6 is 0 Å². The van der Waals surface area contributed by atoms with Gasteiger partial charge in [0, 0.05) is 65.9 Å². The molecule has 2 aromatic heterocycles. The molecule has 0 aliphatic heterocycles. The van der Waals surface area contributed by atoms with Crippen molar-refractivity contribution < 1.29 is 9.72 Å². The molecule has 1 amide bonds. The van der Waals surface area contributed by atoms with Crippen LogP contribution in [-0.2, 0) is 17.6 Å². The molecule has 1 unspecified atom stereocenters. The molecule has 4 rings (SSSR count). The fraction of sp³-hybridized carbons (Fsp3) is 0.231. The van der Waals surface area contributed by atoms with Gasteiger partial charge in [0.25, 0.3) is 5.69 Å². The summed E-state index contributed by atoms with van der Waals surface area (Å²) in [5.41, 5.74) is 4.51. The van der Waals surface area contributed by atoms with Crippen LogP contribution in [0.15, 0.2) is 73.1 Å². The van der Waals surface area contributed by atoms with Crippen LogP contribution in [0.25, 0.3) is 10.9 Å². The van der Waals surface area contributed by atoms with Crippen molar-refractivity contribution in [1.82, 2.24) is 15.3 Å². The highest BCUT2D eigenvalue weighted by Crippen LogP contribution is 2.38. The number of amides is 1. The zero-order chi connectivity index (χ0) is 23.2. The van der Waals surface area contributed by atoms with Gasteiger partial charge in [0.2, 0.25) is 5.91 Å². The van der Waals surface area contributed by atoms with Crippen LogP contribution < -0.4 is 5.32 Å². The van der Waals surface area contributed by atoms with Gasteiger partial charge in [-0.25, -0.2) is 0 Å². The van der Waals surface area contributed by atoms with E-state index in [1.807, 2.05) is 36.5 Å². The molecule has 7 heteroatoms. The lowest BCUT2D eigenvalue weighted by molar-refractivity contribution is -0.385. The maximum absolute atomic E-state index is 12.9. The molecule has 0 saturated carbocycles. The first-order valence-electron chi connectivity index (χ1n) is 11.1. The summed E-state index contributed by atoms with van der Waals surface area (Å²) < 4.78 is 0. The molecule has 168 valence electrons. The number of aromatic nitrogens is 2. The maximum Gasteiger partial charge on any atom is 0.273 e. The predicted molar refractivity (Wildman–Crippen MR) is 128 cm³/mol. The topological polar surface area (TPSA) is 101 Å². The summed E-state index contributed by atoms with van der Waals surface area (Å²) in [5.74, 6) is -0.614. The largest absolute Gasteiger partial charge is 0.361 e. The Labute approximate surface area is 192 Å². The van der Waals surface area contributed by atoms with Crippen molar-refractivity contribution in [2.24, 2.45) is 0 Å². The lowest BCUT2D eigenvalue weighted by Crippen LogP contribution is -2.27. The first-order chi connectivity index (χ1) is 16.1. The van der Waals surface area contributed by atoms with E-state index in [1.165, 1.54) is 11.6 Å². The molecular formula is C26H26N4O3. The highest BCUT2D eigenvalue weighted by atomic mass is 16.6. The Morgan fingerprint density at radius 3 is 2.67 bits per heavy atom. The number of nitro benzene ring substituents is 1. The molecule has 2 aromatic carbocycles. The Balaban J connectivity index is 1.64. The molecule has 2 N–H and O–H groups in total. The fourth-order valence-electron chi connectivity index (χ4n) is 4.29. The van der Waals surface area contributed by atoms with E-state index in [9.17, 15) is 14.9 Å². The van der Waals surface area contributed by atoms with Crippen molar-refractivity contribution in [3.05, 3.63) is 106 Å². The Morgan fingerprint density at radius 2 is 1.91 bits per heavy atom. The van der Waals surface area contributed by atoms with Crippen LogP contribution in [0.2, 0.25) is 0 Å². The molecule has 0 saturated heterocycles. The SMILES string of the molecule is CCc1cccc2c(C(CC(=O)NCCc3ccccn3)c3ccccc3[N+](=O)[O-])c[nH]c12. The number of rotatable bonds is 9. The Kier molecular flexibility index (Phi) is 6.78. The first-order valence-corrected chi connectivity index (χ1v) is 11.1. The minimum atomic E-state index is -0.456. The maximum atomic E-state index is 12.9. The highest BCUT2D eigenvalue weighted by molar-refractivity contribution is 5.88. The number of carbonyl (C=O) groups is 1. The number of pyridine rings is 1. The molecule has 0 bridgehead atoms. The van der Waals surface area contributed by atoms with Crippen LogP contribution in [0.1, 0.15) is 41.6 Å². The van der Waals surface area contributed by atoms with E-state index < -0.39 is 5.92 Å². The lowest BCUT2D eigenvalue weighted by atomic mass is 9.86. The molecule has 4 aromatic rings. The van der Waals surface area contributed by atoms with Gasteiger partial charge in [-0.15, -0.1) is 0 Å². The zero-order valence-electron chi connectivity index (χ0n) is 18.5. The third-order valence-corrected chi connectivity index (χ3v) is 5.92. The monoisotopic (exact) mass is 442 g/mol. The molecule has 0 spiro atoms. The minimum absolute atomic E-state index is 0.0183. The molecule has 0 aliphatic carbocycles. The number of H-pyrrole nitrogens is 1. The average Bonchev–Trinajstić information content (AvgIpc) is 3.27. The van der Waals surface area contributed by atoms with Crippen molar-refractivity contribution in [2.45, 2.75) is 32.1 Å². The molecular weight excluding hydrogens is 416 g/mol. The van der Waals surface area contributed by atoms with E-state index in [4.69, 9.17) is 0 Å². The van der Waals surface area contributed by atoms with Gasteiger partial charge in [0.15, 0.2) is 0 Å². The Bertz CT molecular complexity index is 1270. The van der Waals surface area contributed by atoms with Crippen LogP contribution in [0.3, 0.4) is 0 Å². The number of para-hydroxylation sites is 2. The summed E-state index contributed by atoms with van der Waals surface area (Å²) in [6, 6.07) is 18.4. The Morgan fingerprint density at radius 1 is 1.09 bits per heavy atom. The summed E-state index contributed by atoms with van der Waals surface area (Å²) in [6.07, 6.45) is 5.20. The number of hydrogen-bond acceptors (Lipinski definition) is 4. The second-order valence-electron chi connectivity index (χ2n) is 7.93. The van der Waals surface area contributed by atoms with Crippen molar-refractivity contribution >= 4 is 22.5 Å². The first kappa shape index (κ1) is 22.2. The van der Waals surface area contributed by atoms with E-state index in [0.29, 0.717) is 18.5 Å². The van der Waals surface area contributed by atoms with E-state index in [2.05, 4.69) is 28.3 Å². The number of aromatic amines is 1. The third kappa shape index (κ3) is 4.92. The van der Waals surface area contributed by atoms with Gasteiger partial charge in [0.1, 0.15) is 0 Å². The second-order valence-corrected chi connectivity index (χ2v) is 7.93. The van der Waals surface area contributed by atoms with Crippen molar-refractivity contribution in [3.8, 4) is 0 Å². The van der Waals surface area contributed by atoms with Gasteiger partial charge in [-0.05, 0) is 29.7 Å². The summed E-state index contributed by atoms with van der Waals surface area (Å²) in [5, 5.41) is 15.7. The number of benzene rings is 2. The average molecular weight is 443 g/mol. The van der Waals surface area contributed by atoms with Gasteiger partial charge in [-0.1, -0.05) is 49.4 Å². The summed E-state index contributed by atoms with van der Waals surface area (Å²) in [7, 11) is 0. The molecule has 2 heterocycles. The van der Waals surface area contributed by atoms with Gasteiger partial charge in [0.05, 0.1) is 4.92 Å². The smallest absolute Gasteiger partial charge is 0.273 e. The molecule has 0 radical (unpaired) electrons. The number of fused-ring (bicyclic) bond motifs is 1. The molecule has 33 heavy (non-hydrogen) atoms. The summed E-state index contributed by atoms with van der Waals surface area (Å²) >= 11 is 0. The summed E-state index contributed by atoms with van der Waals surface area (Å²) in [4.78, 5) is 31.9. The number of carbonyl (C=O) groups excluding carboxylic acids is 1. The predicted octanol–water partition coefficient (Wildman–Crippen LogP) is 4.91. The number of nitrogens with zero attached hydrogens (tertiary/aromatic N) is 2. The number of nitro groups is 1. The van der Waals surface area contributed by atoms with Crippen molar-refractivity contribution in [3.63, 3.8) is 0 Å². The van der Waals surface area contributed by atoms with Crippen LogP contribution in [0, 0.1) is 10.1 Å². The zero-order valence-corrected chi connectivity index (χ0v) is 18.5. The van der Waals surface area contributed by atoms with Crippen molar-refractivity contribution in [2.75, 3.05) is 6.54 Å². The molecule has 0 aliphatic rings. The van der Waals surface area contributed by atoms with Crippen LogP contribution in [0.5, 0.6) is 0 Å². The highest BCUT2D eigenvalue weighted by Gasteiger charge is 2.27. The van der Waals surface area contributed by atoms with Crippen molar-refractivity contribution in [1.29, 1.82) is 0 Å². The van der Waals surface area contributed by atoms with E-state index >= 15 is 0 Å². The quantitative estimate of drug-likeness (QED) is 0.284.